The van der Waals surface area contributed by atoms with Crippen LogP contribution in [0.5, 0.6) is 6.01 Å². The highest BCUT2D eigenvalue weighted by Crippen LogP contribution is 2.35. The van der Waals surface area contributed by atoms with Crippen LogP contribution in [0.25, 0.3) is 10.8 Å². The van der Waals surface area contributed by atoms with Crippen LogP contribution in [0.4, 0.5) is 11.5 Å². The molecule has 0 spiro atoms. The van der Waals surface area contributed by atoms with Gasteiger partial charge in [0.1, 0.15) is 18.2 Å². The number of carbonyl (C=O) groups is 4. The van der Waals surface area contributed by atoms with E-state index in [1.807, 2.05) is 6.07 Å². The molecule has 1 aliphatic carbocycles. The third-order valence-electron chi connectivity index (χ3n) is 13.9. The molecule has 17 heteroatoms. The van der Waals surface area contributed by atoms with E-state index in [9.17, 15) is 24.4 Å². The van der Waals surface area contributed by atoms with E-state index < -0.39 is 17.9 Å². The van der Waals surface area contributed by atoms with Crippen molar-refractivity contribution < 1.29 is 42.9 Å². The summed E-state index contributed by atoms with van der Waals surface area (Å²) in [6, 6.07) is 22.2. The first kappa shape index (κ1) is 48.2. The Balaban J connectivity index is 0.671. The minimum Gasteiger partial charge on any atom is -0.462 e. The monoisotopic (exact) mass is 942 g/mol. The van der Waals surface area contributed by atoms with Gasteiger partial charge < -0.3 is 38.8 Å². The molecule has 3 fully saturated rings. The first-order valence-electron chi connectivity index (χ1n) is 24.5. The van der Waals surface area contributed by atoms with Gasteiger partial charge in [-0.3, -0.25) is 29.0 Å². The summed E-state index contributed by atoms with van der Waals surface area (Å²) in [5, 5.41) is 15.4. The lowest BCUT2D eigenvalue weighted by Gasteiger charge is -2.37. The maximum absolute atomic E-state index is 13.4. The molecule has 3 aromatic carbocycles. The van der Waals surface area contributed by atoms with Gasteiger partial charge in [-0.25, -0.2) is 0 Å². The number of piperazine rings is 1. The predicted octanol–water partition coefficient (Wildman–Crippen LogP) is 4.32. The van der Waals surface area contributed by atoms with E-state index in [1.54, 1.807) is 12.1 Å². The van der Waals surface area contributed by atoms with Gasteiger partial charge in [-0.05, 0) is 62.2 Å². The van der Waals surface area contributed by atoms with Crippen molar-refractivity contribution in [2.75, 3.05) is 102 Å². The molecule has 1 aromatic heterocycles. The van der Waals surface area contributed by atoms with Crippen LogP contribution >= 0.6 is 0 Å². The largest absolute Gasteiger partial charge is 0.462 e. The van der Waals surface area contributed by atoms with Crippen molar-refractivity contribution in [3.05, 3.63) is 88.6 Å². The average molecular weight is 943 g/mol. The van der Waals surface area contributed by atoms with E-state index in [4.69, 9.17) is 33.7 Å². The number of imide groups is 1. The number of hydrogen-bond acceptors (Lipinski definition) is 16. The van der Waals surface area contributed by atoms with Crippen molar-refractivity contribution in [3.8, 4) is 12.1 Å². The fourth-order valence-electron chi connectivity index (χ4n) is 10.4. The number of likely N-dealkylation sites (tertiary alicyclic amines) is 1. The van der Waals surface area contributed by atoms with E-state index >= 15 is 0 Å². The SMILES string of the molecule is CN1C[C@H](OCCOCCOCCOCCCc2cccc3c2C(=O)N(C2CCC(=O)CC2=O)C3=O)C[C@H]1COc1nc2c(c(N3CCN[C@@H](CC#N)C3)n1)CCN(c1cccc3ccccc13)C2. The fraction of sp³-hybridized carbons (Fsp3) is 0.519. The van der Waals surface area contributed by atoms with Gasteiger partial charge >= 0.3 is 6.01 Å². The van der Waals surface area contributed by atoms with Crippen LogP contribution in [-0.2, 0) is 47.9 Å². The molecular weight excluding hydrogens is 881 g/mol. The molecule has 1 saturated carbocycles. The molecule has 364 valence electrons. The number of ketones is 2. The number of benzene rings is 3. The molecule has 5 aliphatic rings. The Labute approximate surface area is 403 Å². The number of Topliss-reactive ketones (excluding diaryl/α,β-unsaturated/α-hetero) is 2. The normalized spacial score (nSPS) is 21.8. The summed E-state index contributed by atoms with van der Waals surface area (Å²) in [5.74, 6) is -0.537. The van der Waals surface area contributed by atoms with Crippen LogP contribution in [0, 0.1) is 11.3 Å². The van der Waals surface area contributed by atoms with E-state index in [2.05, 4.69) is 75.6 Å². The molecule has 5 heterocycles. The number of likely N-dealkylation sites (N-methyl/N-ethyl adjacent to an activating group) is 1. The zero-order valence-corrected chi connectivity index (χ0v) is 39.4. The second kappa shape index (κ2) is 22.7. The van der Waals surface area contributed by atoms with Crippen molar-refractivity contribution in [1.82, 2.24) is 25.1 Å². The molecule has 0 bridgehead atoms. The summed E-state index contributed by atoms with van der Waals surface area (Å²) in [4.78, 5) is 68.9. The van der Waals surface area contributed by atoms with Crippen LogP contribution in [-0.4, -0.2) is 160 Å². The van der Waals surface area contributed by atoms with Gasteiger partial charge in [0.25, 0.3) is 11.8 Å². The number of anilines is 2. The van der Waals surface area contributed by atoms with Gasteiger partial charge in [-0.1, -0.05) is 48.5 Å². The van der Waals surface area contributed by atoms with Crippen molar-refractivity contribution in [2.24, 2.45) is 0 Å². The average Bonchev–Trinajstić information content (AvgIpc) is 3.85. The van der Waals surface area contributed by atoms with E-state index in [0.29, 0.717) is 102 Å². The standard InChI is InChI=1S/C52H62N8O9/c1-57-32-40(68-28-27-67-26-25-66-24-23-65-22-6-10-36-9-4-12-43-48(36)51(64)60(50(43)63)46-15-14-39(61)30-47(46)62)29-38(57)34-69-52-55-44-33-58(45-13-5-8-35-7-2-3-11-41(35)45)20-17-42(44)49(56-52)59-21-19-54-37(31-59)16-18-53/h2-5,7-9,11-13,37-38,40,46,54H,6,10,14-17,19-34H2,1H3/t37-,38-,40+,46?/m0/s1. The fourth-order valence-corrected chi connectivity index (χ4v) is 10.4. The third kappa shape index (κ3) is 11.3. The van der Waals surface area contributed by atoms with Gasteiger partial charge in [-0.15, -0.1) is 0 Å². The van der Waals surface area contributed by atoms with Gasteiger partial charge in [0.15, 0.2) is 5.78 Å². The van der Waals surface area contributed by atoms with Crippen molar-refractivity contribution in [2.45, 2.75) is 82.1 Å². The Morgan fingerprint density at radius 3 is 2.43 bits per heavy atom. The maximum atomic E-state index is 13.4. The Morgan fingerprint density at radius 2 is 1.61 bits per heavy atom. The van der Waals surface area contributed by atoms with Crippen molar-refractivity contribution >= 4 is 45.7 Å². The van der Waals surface area contributed by atoms with E-state index in [-0.39, 0.29) is 49.0 Å². The predicted molar refractivity (Wildman–Crippen MR) is 257 cm³/mol. The molecule has 1 unspecified atom stereocenters. The van der Waals surface area contributed by atoms with Crippen molar-refractivity contribution in [1.29, 1.82) is 5.26 Å². The zero-order valence-electron chi connectivity index (χ0n) is 39.4. The number of hydrogen-bond donors (Lipinski definition) is 1. The number of nitrogens with zero attached hydrogens (tertiary/aromatic N) is 7. The number of rotatable bonds is 21. The minimum absolute atomic E-state index is 0.0496. The second-order valence-corrected chi connectivity index (χ2v) is 18.5. The van der Waals surface area contributed by atoms with Crippen LogP contribution in [0.3, 0.4) is 0 Å². The van der Waals surface area contributed by atoms with Crippen LogP contribution in [0.15, 0.2) is 60.7 Å². The van der Waals surface area contributed by atoms with E-state index in [0.717, 1.165) is 66.6 Å². The molecule has 9 rings (SSSR count). The lowest BCUT2D eigenvalue weighted by Crippen LogP contribution is -2.51. The zero-order chi connectivity index (χ0) is 47.7. The molecule has 4 atom stereocenters. The number of fused-ring (bicyclic) bond motifs is 3. The molecule has 0 radical (unpaired) electrons. The molecule has 4 aliphatic heterocycles. The number of amides is 2. The van der Waals surface area contributed by atoms with Gasteiger partial charge in [-0.2, -0.15) is 15.2 Å². The summed E-state index contributed by atoms with van der Waals surface area (Å²) in [5.41, 5.74) is 4.74. The summed E-state index contributed by atoms with van der Waals surface area (Å²) in [6.07, 6.45) is 3.44. The summed E-state index contributed by atoms with van der Waals surface area (Å²) in [6.45, 7) is 8.08. The Morgan fingerprint density at radius 1 is 0.826 bits per heavy atom. The van der Waals surface area contributed by atoms with E-state index in [1.165, 1.54) is 16.5 Å². The lowest BCUT2D eigenvalue weighted by molar-refractivity contribution is -0.132. The smallest absolute Gasteiger partial charge is 0.318 e. The van der Waals surface area contributed by atoms with Crippen LogP contribution in [0.1, 0.15) is 76.1 Å². The number of ether oxygens (including phenoxy) is 5. The number of aryl methyl sites for hydroxylation is 1. The first-order valence-corrected chi connectivity index (χ1v) is 24.5. The molecule has 69 heavy (non-hydrogen) atoms. The molecule has 2 saturated heterocycles. The van der Waals surface area contributed by atoms with Crippen LogP contribution in [0.2, 0.25) is 0 Å². The third-order valence-corrected chi connectivity index (χ3v) is 13.9. The maximum Gasteiger partial charge on any atom is 0.318 e. The number of nitriles is 1. The molecule has 1 N–H and O–H groups in total. The Kier molecular flexibility index (Phi) is 15.8. The molecule has 4 aromatic rings. The highest BCUT2D eigenvalue weighted by molar-refractivity contribution is 6.24. The lowest BCUT2D eigenvalue weighted by atomic mass is 9.92. The summed E-state index contributed by atoms with van der Waals surface area (Å²) >= 11 is 0. The number of nitrogens with one attached hydrogen (secondary N) is 1. The minimum atomic E-state index is -0.880. The number of aromatic nitrogens is 2. The van der Waals surface area contributed by atoms with Crippen LogP contribution < -0.4 is 19.9 Å². The highest BCUT2D eigenvalue weighted by atomic mass is 16.6. The number of carbonyl (C=O) groups excluding carboxylic acids is 4. The van der Waals surface area contributed by atoms with Crippen molar-refractivity contribution in [3.63, 3.8) is 0 Å². The highest BCUT2D eigenvalue weighted by Gasteiger charge is 2.45. The van der Waals surface area contributed by atoms with Gasteiger partial charge in [0.2, 0.25) is 0 Å². The molecule has 2 amide bonds. The van der Waals surface area contributed by atoms with Gasteiger partial charge in [0.05, 0.1) is 94.1 Å². The second-order valence-electron chi connectivity index (χ2n) is 18.5. The van der Waals surface area contributed by atoms with Gasteiger partial charge in [0, 0.05) is 74.5 Å². The first-order chi connectivity index (χ1) is 33.7. The molecular formula is C52H62N8O9. The Hall–Kier alpha value is -5.87. The quantitative estimate of drug-likeness (QED) is 0.0706. The topological polar surface area (TPSA) is 189 Å². The Bertz CT molecular complexity index is 2550. The summed E-state index contributed by atoms with van der Waals surface area (Å²) in [7, 11) is 2.09. The summed E-state index contributed by atoms with van der Waals surface area (Å²) < 4.78 is 29.9. The molecule has 17 nitrogen and oxygen atoms in total.